The second-order valence-corrected chi connectivity index (χ2v) is 3.31. The highest BCUT2D eigenvalue weighted by atomic mass is 16.5. The third-order valence-corrected chi connectivity index (χ3v) is 2.38. The Hall–Kier alpha value is -0.960. The Morgan fingerprint density at radius 3 is 2.15 bits per heavy atom. The van der Waals surface area contributed by atoms with Crippen molar-refractivity contribution in [1.82, 2.24) is 0 Å². The average molecular weight is 184 g/mol. The molecular weight excluding hydrogens is 168 g/mol. The van der Waals surface area contributed by atoms with Gasteiger partial charge in [-0.25, -0.2) is 0 Å². The summed E-state index contributed by atoms with van der Waals surface area (Å²) in [7, 11) is 0. The van der Waals surface area contributed by atoms with Crippen LogP contribution in [0.1, 0.15) is 25.7 Å². The molecule has 1 rings (SSSR count). The zero-order chi connectivity index (χ0) is 9.57. The van der Waals surface area contributed by atoms with E-state index in [4.69, 9.17) is 14.9 Å². The van der Waals surface area contributed by atoms with Crippen LogP contribution in [0.4, 0.5) is 0 Å². The summed E-state index contributed by atoms with van der Waals surface area (Å²) in [6.07, 6.45) is 8.92. The maximum Gasteiger partial charge on any atom is 0.0754 e. The van der Waals surface area contributed by atoms with Gasteiger partial charge in [0, 0.05) is 6.61 Å². The lowest BCUT2D eigenvalue weighted by atomic mass is 9.92. The zero-order valence-corrected chi connectivity index (χ0v) is 7.65. The lowest BCUT2D eigenvalue weighted by molar-refractivity contribution is 0.00862. The van der Waals surface area contributed by atoms with E-state index in [1.807, 2.05) is 0 Å². The third-order valence-electron chi connectivity index (χ3n) is 2.38. The van der Waals surface area contributed by atoms with Crippen LogP contribution in [0.5, 0.6) is 0 Å². The van der Waals surface area contributed by atoms with E-state index in [-0.39, 0.29) is 5.60 Å². The smallest absolute Gasteiger partial charge is 0.0754 e. The summed E-state index contributed by atoms with van der Waals surface area (Å²) >= 11 is 0. The lowest BCUT2D eigenvalue weighted by Crippen LogP contribution is -2.25. The standard InChI is InChI=1S/C10H16O3/c11-7-1-4-10(5-2-8-12)6-3-9-13-10/h1-2,7-8,11-12H,3-6,9H2. The van der Waals surface area contributed by atoms with Gasteiger partial charge in [0.25, 0.3) is 0 Å². The van der Waals surface area contributed by atoms with Crippen LogP contribution in [-0.4, -0.2) is 22.4 Å². The van der Waals surface area contributed by atoms with Gasteiger partial charge in [0.15, 0.2) is 0 Å². The van der Waals surface area contributed by atoms with E-state index >= 15 is 0 Å². The van der Waals surface area contributed by atoms with Crippen molar-refractivity contribution in [3.8, 4) is 0 Å². The van der Waals surface area contributed by atoms with Gasteiger partial charge in [-0.1, -0.05) is 0 Å². The Bertz CT molecular complexity index is 174. The van der Waals surface area contributed by atoms with Crippen LogP contribution < -0.4 is 0 Å². The van der Waals surface area contributed by atoms with Gasteiger partial charge in [-0.05, 0) is 37.8 Å². The summed E-state index contributed by atoms with van der Waals surface area (Å²) < 4.78 is 5.62. The van der Waals surface area contributed by atoms with E-state index in [1.165, 1.54) is 0 Å². The van der Waals surface area contributed by atoms with Crippen LogP contribution in [0.2, 0.25) is 0 Å². The van der Waals surface area contributed by atoms with E-state index in [1.54, 1.807) is 12.2 Å². The third kappa shape index (κ3) is 2.77. The van der Waals surface area contributed by atoms with E-state index in [2.05, 4.69) is 0 Å². The monoisotopic (exact) mass is 184 g/mol. The molecule has 0 aromatic carbocycles. The predicted molar refractivity (Wildman–Crippen MR) is 50.7 cm³/mol. The summed E-state index contributed by atoms with van der Waals surface area (Å²) in [5, 5.41) is 17.1. The Morgan fingerprint density at radius 2 is 1.77 bits per heavy atom. The largest absolute Gasteiger partial charge is 0.516 e. The van der Waals surface area contributed by atoms with Crippen LogP contribution in [0.15, 0.2) is 24.7 Å². The maximum absolute atomic E-state index is 8.56. The summed E-state index contributed by atoms with van der Waals surface area (Å²) in [6.45, 7) is 0.776. The molecule has 1 fully saturated rings. The van der Waals surface area contributed by atoms with Crippen molar-refractivity contribution < 1.29 is 14.9 Å². The van der Waals surface area contributed by atoms with E-state index in [9.17, 15) is 0 Å². The molecule has 74 valence electrons. The summed E-state index contributed by atoms with van der Waals surface area (Å²) in [5.74, 6) is 0. The summed E-state index contributed by atoms with van der Waals surface area (Å²) in [4.78, 5) is 0. The lowest BCUT2D eigenvalue weighted by Gasteiger charge is -2.25. The van der Waals surface area contributed by atoms with Crippen molar-refractivity contribution in [3.63, 3.8) is 0 Å². The second-order valence-electron chi connectivity index (χ2n) is 3.31. The predicted octanol–water partition coefficient (Wildman–Crippen LogP) is 2.46. The summed E-state index contributed by atoms with van der Waals surface area (Å²) in [5.41, 5.74) is -0.196. The molecule has 0 aliphatic carbocycles. The molecule has 3 nitrogen and oxygen atoms in total. The number of aliphatic hydroxyl groups excluding tert-OH is 2. The molecule has 0 spiro atoms. The molecule has 0 saturated carbocycles. The van der Waals surface area contributed by atoms with Gasteiger partial charge in [-0.3, -0.25) is 0 Å². The molecule has 0 bridgehead atoms. The van der Waals surface area contributed by atoms with Gasteiger partial charge in [0.2, 0.25) is 0 Å². The van der Waals surface area contributed by atoms with Gasteiger partial charge in [-0.2, -0.15) is 0 Å². The van der Waals surface area contributed by atoms with Gasteiger partial charge in [0.05, 0.1) is 18.1 Å². The number of ether oxygens (including phenoxy) is 1. The molecule has 0 aromatic heterocycles. The molecule has 1 aliphatic heterocycles. The Balaban J connectivity index is 2.52. The van der Waals surface area contributed by atoms with Crippen molar-refractivity contribution in [2.45, 2.75) is 31.3 Å². The topological polar surface area (TPSA) is 49.7 Å². The molecule has 0 atom stereocenters. The Kier molecular flexibility index (Phi) is 3.83. The minimum atomic E-state index is -0.196. The fourth-order valence-electron chi connectivity index (χ4n) is 1.70. The van der Waals surface area contributed by atoms with E-state index in [0.717, 1.165) is 32.0 Å². The molecular formula is C10H16O3. The average Bonchev–Trinajstić information content (AvgIpc) is 2.61. The molecule has 0 amide bonds. The highest BCUT2D eigenvalue weighted by Crippen LogP contribution is 2.33. The fraction of sp³-hybridized carbons (Fsp3) is 0.600. The Labute approximate surface area is 78.3 Å². The fourth-order valence-corrected chi connectivity index (χ4v) is 1.70. The molecule has 1 heterocycles. The Morgan fingerprint density at radius 1 is 1.15 bits per heavy atom. The first kappa shape index (κ1) is 10.1. The molecule has 0 radical (unpaired) electrons. The van der Waals surface area contributed by atoms with Crippen molar-refractivity contribution in [2.24, 2.45) is 0 Å². The SMILES string of the molecule is OC=CCC1(CC=CO)CCCO1. The minimum absolute atomic E-state index is 0.196. The molecule has 2 N–H and O–H groups in total. The normalized spacial score (nSPS) is 29.2. The van der Waals surface area contributed by atoms with E-state index in [0.29, 0.717) is 12.8 Å². The zero-order valence-electron chi connectivity index (χ0n) is 7.65. The van der Waals surface area contributed by atoms with Crippen LogP contribution in [0.3, 0.4) is 0 Å². The molecule has 0 unspecified atom stereocenters. The van der Waals surface area contributed by atoms with Crippen LogP contribution >= 0.6 is 0 Å². The van der Waals surface area contributed by atoms with Crippen LogP contribution in [-0.2, 0) is 4.74 Å². The van der Waals surface area contributed by atoms with Crippen molar-refractivity contribution in [3.05, 3.63) is 24.7 Å². The molecule has 1 saturated heterocycles. The minimum Gasteiger partial charge on any atom is -0.516 e. The summed E-state index contributed by atoms with van der Waals surface area (Å²) in [6, 6.07) is 0. The van der Waals surface area contributed by atoms with Gasteiger partial charge < -0.3 is 14.9 Å². The first-order valence-electron chi connectivity index (χ1n) is 4.55. The highest BCUT2D eigenvalue weighted by molar-refractivity contribution is 4.97. The first-order valence-corrected chi connectivity index (χ1v) is 4.55. The van der Waals surface area contributed by atoms with Gasteiger partial charge >= 0.3 is 0 Å². The number of hydrogen-bond acceptors (Lipinski definition) is 3. The van der Waals surface area contributed by atoms with Crippen LogP contribution in [0, 0.1) is 0 Å². The molecule has 3 heteroatoms. The first-order chi connectivity index (χ1) is 6.33. The van der Waals surface area contributed by atoms with Gasteiger partial charge in [0.1, 0.15) is 0 Å². The molecule has 0 aromatic rings. The highest BCUT2D eigenvalue weighted by Gasteiger charge is 2.32. The second kappa shape index (κ2) is 4.92. The van der Waals surface area contributed by atoms with Crippen molar-refractivity contribution in [1.29, 1.82) is 0 Å². The van der Waals surface area contributed by atoms with Gasteiger partial charge in [-0.15, -0.1) is 0 Å². The maximum atomic E-state index is 8.56. The molecule has 1 aliphatic rings. The molecule has 13 heavy (non-hydrogen) atoms. The van der Waals surface area contributed by atoms with Crippen molar-refractivity contribution in [2.75, 3.05) is 6.61 Å². The number of hydrogen-bond donors (Lipinski definition) is 2. The quantitative estimate of drug-likeness (QED) is 0.660. The number of aliphatic hydroxyl groups is 2. The van der Waals surface area contributed by atoms with Crippen molar-refractivity contribution >= 4 is 0 Å². The number of rotatable bonds is 4. The van der Waals surface area contributed by atoms with Crippen LogP contribution in [0.25, 0.3) is 0 Å². The van der Waals surface area contributed by atoms with E-state index < -0.39 is 0 Å².